The molecule has 2 rings (SSSR count). The van der Waals surface area contributed by atoms with E-state index in [0.717, 1.165) is 6.54 Å². The summed E-state index contributed by atoms with van der Waals surface area (Å²) in [5.41, 5.74) is 2.52. The van der Waals surface area contributed by atoms with Crippen molar-refractivity contribution in [3.05, 3.63) is 52.7 Å². The zero-order valence-electron chi connectivity index (χ0n) is 7.23. The molecule has 2 aromatic rings. The lowest BCUT2D eigenvalue weighted by Gasteiger charge is -2.02. The fourth-order valence-corrected chi connectivity index (χ4v) is 1.78. The van der Waals surface area contributed by atoms with Crippen molar-refractivity contribution < 1.29 is 0 Å². The van der Waals surface area contributed by atoms with Gasteiger partial charge in [-0.3, -0.25) is 0 Å². The summed E-state index contributed by atoms with van der Waals surface area (Å²) in [6.45, 7) is 0.900. The summed E-state index contributed by atoms with van der Waals surface area (Å²) in [5.74, 6) is 0. The first kappa shape index (κ1) is 8.32. The van der Waals surface area contributed by atoms with Gasteiger partial charge in [-0.1, -0.05) is 30.3 Å². The molecule has 0 aliphatic heterocycles. The highest BCUT2D eigenvalue weighted by atomic mass is 32.1. The number of thiophene rings is 1. The number of hydrogen-bond acceptors (Lipinski definition) is 2. The molecule has 0 atom stereocenters. The van der Waals surface area contributed by atoms with Crippen LogP contribution >= 0.6 is 11.3 Å². The minimum Gasteiger partial charge on any atom is -0.380 e. The Bertz CT molecular complexity index is 340. The van der Waals surface area contributed by atoms with E-state index in [0.29, 0.717) is 0 Å². The van der Waals surface area contributed by atoms with Crippen LogP contribution in [0.3, 0.4) is 0 Å². The maximum atomic E-state index is 3.35. The lowest BCUT2D eigenvalue weighted by atomic mass is 10.2. The minimum atomic E-state index is 0.900. The molecule has 1 aromatic heterocycles. The Balaban J connectivity index is 1.94. The van der Waals surface area contributed by atoms with E-state index in [1.165, 1.54) is 11.3 Å². The predicted octanol–water partition coefficient (Wildman–Crippen LogP) is 3.36. The van der Waals surface area contributed by atoms with E-state index >= 15 is 0 Å². The second-order valence-electron chi connectivity index (χ2n) is 2.85. The van der Waals surface area contributed by atoms with Gasteiger partial charge in [-0.05, 0) is 17.0 Å². The molecule has 0 aliphatic rings. The molecule has 0 bridgehead atoms. The van der Waals surface area contributed by atoms with Crippen molar-refractivity contribution in [3.8, 4) is 0 Å². The van der Waals surface area contributed by atoms with Gasteiger partial charge in [-0.15, -0.1) is 0 Å². The van der Waals surface area contributed by atoms with Crippen LogP contribution in [0.25, 0.3) is 0 Å². The van der Waals surface area contributed by atoms with Gasteiger partial charge in [0.05, 0.1) is 0 Å². The molecule has 2 heteroatoms. The molecule has 1 aromatic carbocycles. The van der Waals surface area contributed by atoms with E-state index in [4.69, 9.17) is 0 Å². The quantitative estimate of drug-likeness (QED) is 0.780. The molecule has 0 spiro atoms. The van der Waals surface area contributed by atoms with Crippen molar-refractivity contribution in [1.82, 2.24) is 0 Å². The van der Waals surface area contributed by atoms with Crippen LogP contribution in [0.2, 0.25) is 0 Å². The van der Waals surface area contributed by atoms with Crippen LogP contribution in [0, 0.1) is 0 Å². The Hall–Kier alpha value is -1.28. The van der Waals surface area contributed by atoms with Gasteiger partial charge in [0.25, 0.3) is 0 Å². The second kappa shape index (κ2) is 4.10. The third-order valence-corrected chi connectivity index (χ3v) is 2.54. The Morgan fingerprint density at radius 1 is 1.08 bits per heavy atom. The highest BCUT2D eigenvalue weighted by Crippen LogP contribution is 2.12. The van der Waals surface area contributed by atoms with Crippen molar-refractivity contribution in [2.24, 2.45) is 0 Å². The summed E-state index contributed by atoms with van der Waals surface area (Å²) in [4.78, 5) is 0. The standard InChI is InChI=1S/C11H11NS/c1-2-4-10(5-3-1)8-12-11-6-7-13-9-11/h1-7,9,12H,8H2. The smallest absolute Gasteiger partial charge is 0.0451 e. The summed E-state index contributed by atoms with van der Waals surface area (Å²) >= 11 is 1.71. The molecule has 66 valence electrons. The van der Waals surface area contributed by atoms with Gasteiger partial charge in [0.15, 0.2) is 0 Å². The lowest BCUT2D eigenvalue weighted by Crippen LogP contribution is -1.97. The van der Waals surface area contributed by atoms with Crippen LogP contribution in [0.5, 0.6) is 0 Å². The van der Waals surface area contributed by atoms with Gasteiger partial charge < -0.3 is 5.32 Å². The molecule has 0 unspecified atom stereocenters. The minimum absolute atomic E-state index is 0.900. The van der Waals surface area contributed by atoms with E-state index < -0.39 is 0 Å². The maximum absolute atomic E-state index is 3.35. The normalized spacial score (nSPS) is 9.85. The molecule has 1 heterocycles. The first-order valence-corrected chi connectivity index (χ1v) is 5.19. The summed E-state index contributed by atoms with van der Waals surface area (Å²) < 4.78 is 0. The van der Waals surface area contributed by atoms with Crippen molar-refractivity contribution in [1.29, 1.82) is 0 Å². The largest absolute Gasteiger partial charge is 0.380 e. The Labute approximate surface area is 82.0 Å². The highest BCUT2D eigenvalue weighted by molar-refractivity contribution is 7.08. The Morgan fingerprint density at radius 2 is 1.92 bits per heavy atom. The molecule has 1 nitrogen and oxygen atoms in total. The van der Waals surface area contributed by atoms with E-state index in [-0.39, 0.29) is 0 Å². The van der Waals surface area contributed by atoms with Crippen LogP contribution in [-0.4, -0.2) is 0 Å². The molecule has 0 saturated heterocycles. The topological polar surface area (TPSA) is 12.0 Å². The molecule has 0 aliphatic carbocycles. The van der Waals surface area contributed by atoms with Crippen molar-refractivity contribution in [2.75, 3.05) is 5.32 Å². The first-order chi connectivity index (χ1) is 6.45. The van der Waals surface area contributed by atoms with E-state index in [1.54, 1.807) is 11.3 Å². The number of anilines is 1. The zero-order chi connectivity index (χ0) is 8.93. The summed E-state index contributed by atoms with van der Waals surface area (Å²) in [5, 5.41) is 7.54. The third-order valence-electron chi connectivity index (χ3n) is 1.86. The molecule has 0 saturated carbocycles. The number of nitrogens with one attached hydrogen (secondary N) is 1. The van der Waals surface area contributed by atoms with Crippen LogP contribution in [0.1, 0.15) is 5.56 Å². The van der Waals surface area contributed by atoms with Gasteiger partial charge in [0.2, 0.25) is 0 Å². The van der Waals surface area contributed by atoms with Gasteiger partial charge in [0, 0.05) is 17.6 Å². The van der Waals surface area contributed by atoms with E-state index in [9.17, 15) is 0 Å². The molecule has 0 amide bonds. The van der Waals surface area contributed by atoms with Crippen molar-refractivity contribution >= 4 is 17.0 Å². The summed E-state index contributed by atoms with van der Waals surface area (Å²) in [6.07, 6.45) is 0. The average molecular weight is 189 g/mol. The monoisotopic (exact) mass is 189 g/mol. The number of benzene rings is 1. The van der Waals surface area contributed by atoms with Gasteiger partial charge in [-0.25, -0.2) is 0 Å². The SMILES string of the molecule is c1ccc(CNc2ccsc2)cc1. The molecular weight excluding hydrogens is 178 g/mol. The number of hydrogen-bond donors (Lipinski definition) is 1. The first-order valence-electron chi connectivity index (χ1n) is 4.25. The van der Waals surface area contributed by atoms with Crippen LogP contribution in [-0.2, 0) is 6.54 Å². The zero-order valence-corrected chi connectivity index (χ0v) is 8.05. The van der Waals surface area contributed by atoms with E-state index in [1.807, 2.05) is 6.07 Å². The van der Waals surface area contributed by atoms with Crippen molar-refractivity contribution in [3.63, 3.8) is 0 Å². The van der Waals surface area contributed by atoms with Crippen LogP contribution in [0.15, 0.2) is 47.2 Å². The maximum Gasteiger partial charge on any atom is 0.0451 e. The molecule has 0 fully saturated rings. The van der Waals surface area contributed by atoms with Gasteiger partial charge >= 0.3 is 0 Å². The average Bonchev–Trinajstić information content (AvgIpc) is 2.69. The second-order valence-corrected chi connectivity index (χ2v) is 3.63. The van der Waals surface area contributed by atoms with E-state index in [2.05, 4.69) is 46.4 Å². The lowest BCUT2D eigenvalue weighted by molar-refractivity contribution is 1.15. The molecule has 0 radical (unpaired) electrons. The van der Waals surface area contributed by atoms with Crippen LogP contribution in [0.4, 0.5) is 5.69 Å². The molecular formula is C11H11NS. The van der Waals surface area contributed by atoms with Gasteiger partial charge in [-0.2, -0.15) is 11.3 Å². The Kier molecular flexibility index (Phi) is 2.62. The van der Waals surface area contributed by atoms with Crippen LogP contribution < -0.4 is 5.32 Å². The number of rotatable bonds is 3. The van der Waals surface area contributed by atoms with Gasteiger partial charge in [0.1, 0.15) is 0 Å². The third kappa shape index (κ3) is 2.33. The summed E-state index contributed by atoms with van der Waals surface area (Å²) in [7, 11) is 0. The fraction of sp³-hybridized carbons (Fsp3) is 0.0909. The van der Waals surface area contributed by atoms with Crippen molar-refractivity contribution in [2.45, 2.75) is 6.54 Å². The highest BCUT2D eigenvalue weighted by Gasteiger charge is 1.91. The predicted molar refractivity (Wildman–Crippen MR) is 58.1 cm³/mol. The molecule has 13 heavy (non-hydrogen) atoms. The Morgan fingerprint density at radius 3 is 2.62 bits per heavy atom. The fourth-order valence-electron chi connectivity index (χ4n) is 1.17. The molecule has 1 N–H and O–H groups in total. The summed E-state index contributed by atoms with van der Waals surface area (Å²) in [6, 6.07) is 12.5.